The van der Waals surface area contributed by atoms with Crippen LogP contribution >= 0.6 is 0 Å². The van der Waals surface area contributed by atoms with Gasteiger partial charge in [-0.1, -0.05) is 84.9 Å². The molecule has 1 aliphatic carbocycles. The molecule has 41 heavy (non-hydrogen) atoms. The van der Waals surface area contributed by atoms with Crippen LogP contribution in [0.1, 0.15) is 18.9 Å². The molecule has 4 heteroatoms. The second kappa shape index (κ2) is 8.28. The van der Waals surface area contributed by atoms with Gasteiger partial charge in [0.15, 0.2) is 0 Å². The van der Waals surface area contributed by atoms with Crippen LogP contribution in [0.2, 0.25) is 0 Å². The highest BCUT2D eigenvalue weighted by molar-refractivity contribution is 6.93. The first-order valence-electron chi connectivity index (χ1n) is 14.3. The molecule has 3 aliphatic rings. The number of allylic oxidation sites excluding steroid dienone is 3. The van der Waals surface area contributed by atoms with Crippen molar-refractivity contribution in [2.45, 2.75) is 18.8 Å². The number of ether oxygens (including phenoxy) is 2. The normalized spacial score (nSPS) is 18.8. The quantitative estimate of drug-likeness (QED) is 0.222. The molecule has 0 amide bonds. The lowest BCUT2D eigenvalue weighted by atomic mass is 9.33. The summed E-state index contributed by atoms with van der Waals surface area (Å²) >= 11 is 0. The molecule has 1 aromatic heterocycles. The van der Waals surface area contributed by atoms with Crippen molar-refractivity contribution in [1.82, 2.24) is 4.57 Å². The van der Waals surface area contributed by atoms with E-state index in [2.05, 4.69) is 133 Å². The summed E-state index contributed by atoms with van der Waals surface area (Å²) in [6.07, 6.45) is 3.06. The molecule has 1 atom stereocenters. The van der Waals surface area contributed by atoms with Crippen LogP contribution in [-0.4, -0.2) is 11.3 Å². The molecule has 1 unspecified atom stereocenters. The molecular formula is C37H26BNO2. The fourth-order valence-electron chi connectivity index (χ4n) is 7.21. The third-order valence-electron chi connectivity index (χ3n) is 9.23. The van der Waals surface area contributed by atoms with Crippen LogP contribution in [0.3, 0.4) is 0 Å². The first-order valence-corrected chi connectivity index (χ1v) is 14.3. The number of para-hydroxylation sites is 4. The minimum absolute atomic E-state index is 0.0858. The van der Waals surface area contributed by atoms with Gasteiger partial charge in [-0.3, -0.25) is 0 Å². The minimum Gasteiger partial charge on any atom is -0.462 e. The lowest BCUT2D eigenvalue weighted by molar-refractivity contribution is 0.302. The van der Waals surface area contributed by atoms with Gasteiger partial charge in [-0.2, -0.15) is 0 Å². The second-order valence-electron chi connectivity index (χ2n) is 11.5. The number of benzene rings is 5. The van der Waals surface area contributed by atoms with E-state index >= 15 is 0 Å². The van der Waals surface area contributed by atoms with Crippen molar-refractivity contribution in [3.8, 4) is 17.2 Å². The molecule has 3 heterocycles. The maximum atomic E-state index is 6.83. The number of hydrogen-bond acceptors (Lipinski definition) is 2. The molecule has 3 nitrogen and oxygen atoms in total. The summed E-state index contributed by atoms with van der Waals surface area (Å²) in [7, 11) is 0. The Labute approximate surface area is 239 Å². The first-order chi connectivity index (χ1) is 20.2. The van der Waals surface area contributed by atoms with Crippen LogP contribution in [0.5, 0.6) is 11.5 Å². The summed E-state index contributed by atoms with van der Waals surface area (Å²) < 4.78 is 15.7. The van der Waals surface area contributed by atoms with Gasteiger partial charge in [0, 0.05) is 21.9 Å². The van der Waals surface area contributed by atoms with E-state index in [1.54, 1.807) is 0 Å². The highest BCUT2D eigenvalue weighted by Crippen LogP contribution is 2.48. The van der Waals surface area contributed by atoms with E-state index in [4.69, 9.17) is 9.47 Å². The topological polar surface area (TPSA) is 23.4 Å². The molecule has 0 fully saturated rings. The maximum absolute atomic E-state index is 6.83. The van der Waals surface area contributed by atoms with E-state index in [0.717, 1.165) is 40.6 Å². The van der Waals surface area contributed by atoms with Crippen molar-refractivity contribution in [1.29, 1.82) is 0 Å². The summed E-state index contributed by atoms with van der Waals surface area (Å²) in [6.45, 7) is 2.39. The average molecular weight is 527 g/mol. The van der Waals surface area contributed by atoms with E-state index in [1.807, 2.05) is 6.07 Å². The Balaban J connectivity index is 1.20. The Morgan fingerprint density at radius 2 is 1.20 bits per heavy atom. The zero-order valence-electron chi connectivity index (χ0n) is 22.7. The highest BCUT2D eigenvalue weighted by Gasteiger charge is 2.49. The van der Waals surface area contributed by atoms with Crippen molar-refractivity contribution >= 4 is 39.4 Å². The van der Waals surface area contributed by atoms with Crippen molar-refractivity contribution in [2.24, 2.45) is 0 Å². The molecule has 0 bridgehead atoms. The Morgan fingerprint density at radius 1 is 0.634 bits per heavy atom. The number of hydrogen-bond donors (Lipinski definition) is 0. The summed E-state index contributed by atoms with van der Waals surface area (Å²) in [5.74, 6) is 3.79. The second-order valence-corrected chi connectivity index (χ2v) is 11.5. The number of aromatic nitrogens is 1. The summed E-state index contributed by atoms with van der Waals surface area (Å²) in [5, 5.41) is 2.54. The number of nitrogens with zero attached hydrogens (tertiary/aromatic N) is 1. The SMILES string of the molecule is CC1(c2ccc(-n3c4ccccc4c4ccccc43)cc2)CC=C2Oc3ccccc3B3C2=C1Oc1ccccc13. The van der Waals surface area contributed by atoms with E-state index in [0.29, 0.717) is 0 Å². The maximum Gasteiger partial charge on any atom is 0.260 e. The molecule has 5 aromatic carbocycles. The van der Waals surface area contributed by atoms with Crippen LogP contribution in [0.15, 0.2) is 144 Å². The van der Waals surface area contributed by atoms with Gasteiger partial charge in [0.2, 0.25) is 0 Å². The van der Waals surface area contributed by atoms with Crippen molar-refractivity contribution in [2.75, 3.05) is 0 Å². The van der Waals surface area contributed by atoms with E-state index < -0.39 is 0 Å². The van der Waals surface area contributed by atoms with Gasteiger partial charge < -0.3 is 14.0 Å². The zero-order valence-corrected chi connectivity index (χ0v) is 22.7. The Bertz CT molecular complexity index is 2050. The summed E-state index contributed by atoms with van der Waals surface area (Å²) in [6, 6.07) is 43.2. The average Bonchev–Trinajstić information content (AvgIpc) is 3.37. The fraction of sp³-hybridized carbons (Fsp3) is 0.0811. The predicted molar refractivity (Wildman–Crippen MR) is 167 cm³/mol. The van der Waals surface area contributed by atoms with E-state index in [1.165, 1.54) is 38.3 Å². The smallest absolute Gasteiger partial charge is 0.260 e. The molecule has 0 N–H and O–H groups in total. The fourth-order valence-corrected chi connectivity index (χ4v) is 7.21. The Kier molecular flexibility index (Phi) is 4.61. The molecule has 0 spiro atoms. The first kappa shape index (κ1) is 22.8. The van der Waals surface area contributed by atoms with Gasteiger partial charge in [0.1, 0.15) is 23.0 Å². The van der Waals surface area contributed by atoms with E-state index in [-0.39, 0.29) is 12.1 Å². The Hall–Kier alpha value is -4.96. The Morgan fingerprint density at radius 3 is 1.85 bits per heavy atom. The lowest BCUT2D eigenvalue weighted by Gasteiger charge is -2.43. The van der Waals surface area contributed by atoms with Crippen molar-refractivity contribution in [3.63, 3.8) is 0 Å². The standard InChI is InChI=1S/C37H26BNO2/c1-37(24-18-20-25(21-19-24)39-30-14-6-2-10-26(30)27-11-3-7-15-31(27)39)23-22-34-35-36(37)41-33-17-9-5-13-29(33)38(35)28-12-4-8-16-32(28)40-34/h2-22H,23H2,1H3. The minimum atomic E-state index is -0.334. The molecular weight excluding hydrogens is 501 g/mol. The van der Waals surface area contributed by atoms with Gasteiger partial charge >= 0.3 is 0 Å². The molecule has 0 saturated heterocycles. The molecule has 9 rings (SSSR count). The zero-order chi connectivity index (χ0) is 27.1. The molecule has 2 aliphatic heterocycles. The molecule has 0 radical (unpaired) electrons. The number of rotatable bonds is 2. The molecule has 0 saturated carbocycles. The number of fused-ring (bicyclic) bond motifs is 7. The van der Waals surface area contributed by atoms with Crippen LogP contribution < -0.4 is 20.4 Å². The molecule has 194 valence electrons. The van der Waals surface area contributed by atoms with Gasteiger partial charge in [0.05, 0.1) is 16.4 Å². The van der Waals surface area contributed by atoms with Gasteiger partial charge in [-0.15, -0.1) is 0 Å². The largest absolute Gasteiger partial charge is 0.462 e. The monoisotopic (exact) mass is 527 g/mol. The third-order valence-corrected chi connectivity index (χ3v) is 9.23. The highest BCUT2D eigenvalue weighted by atomic mass is 16.5. The van der Waals surface area contributed by atoms with Gasteiger partial charge in [-0.25, -0.2) is 0 Å². The van der Waals surface area contributed by atoms with Gasteiger partial charge in [-0.05, 0) is 72.3 Å². The summed E-state index contributed by atoms with van der Waals surface area (Å²) in [5.41, 5.74) is 8.03. The predicted octanol–water partition coefficient (Wildman–Crippen LogP) is 7.22. The van der Waals surface area contributed by atoms with Crippen LogP contribution in [0, 0.1) is 0 Å². The van der Waals surface area contributed by atoms with E-state index in [9.17, 15) is 0 Å². The van der Waals surface area contributed by atoms with Crippen LogP contribution in [0.4, 0.5) is 0 Å². The van der Waals surface area contributed by atoms with Crippen LogP contribution in [-0.2, 0) is 5.41 Å². The van der Waals surface area contributed by atoms with Gasteiger partial charge in [0.25, 0.3) is 6.71 Å². The molecule has 6 aromatic rings. The lowest BCUT2D eigenvalue weighted by Crippen LogP contribution is -2.54. The third kappa shape index (κ3) is 3.10. The van der Waals surface area contributed by atoms with Crippen molar-refractivity contribution in [3.05, 3.63) is 150 Å². The summed E-state index contributed by atoms with van der Waals surface area (Å²) in [4.78, 5) is 0. The van der Waals surface area contributed by atoms with Crippen molar-refractivity contribution < 1.29 is 9.47 Å². The van der Waals surface area contributed by atoms with Crippen LogP contribution in [0.25, 0.3) is 27.5 Å².